The summed E-state index contributed by atoms with van der Waals surface area (Å²) >= 11 is 5.75. The maximum atomic E-state index is 12.0. The van der Waals surface area contributed by atoms with Crippen LogP contribution in [-0.2, 0) is 4.79 Å². The van der Waals surface area contributed by atoms with E-state index >= 15 is 0 Å². The fraction of sp³-hybridized carbons (Fsp3) is 0.412. The number of rotatable bonds is 6. The maximum Gasteiger partial charge on any atom is 0.316 e. The Morgan fingerprint density at radius 2 is 1.96 bits per heavy atom. The Morgan fingerprint density at radius 1 is 1.20 bits per heavy atom. The maximum absolute atomic E-state index is 12.0. The van der Waals surface area contributed by atoms with Crippen LogP contribution in [0, 0.1) is 0 Å². The summed E-state index contributed by atoms with van der Waals surface area (Å²) in [6.45, 7) is -0.0132. The third-order valence-electron chi connectivity index (χ3n) is 3.91. The van der Waals surface area contributed by atoms with Crippen LogP contribution in [0.3, 0.4) is 0 Å². The van der Waals surface area contributed by atoms with E-state index in [-0.39, 0.29) is 24.7 Å². The third-order valence-corrected chi connectivity index (χ3v) is 4.11. The first-order valence-corrected chi connectivity index (χ1v) is 8.53. The summed E-state index contributed by atoms with van der Waals surface area (Å²) < 4.78 is 11.1. The lowest BCUT2D eigenvalue weighted by Crippen LogP contribution is -2.41. The molecule has 1 N–H and O–H groups in total. The van der Waals surface area contributed by atoms with Crippen molar-refractivity contribution in [2.45, 2.75) is 37.8 Å². The average Bonchev–Trinajstić information content (AvgIpc) is 2.64. The van der Waals surface area contributed by atoms with E-state index in [0.717, 1.165) is 25.7 Å². The summed E-state index contributed by atoms with van der Waals surface area (Å²) in [4.78, 5) is 24.0. The van der Waals surface area contributed by atoms with Crippen molar-refractivity contribution >= 4 is 17.5 Å². The van der Waals surface area contributed by atoms with Crippen molar-refractivity contribution < 1.29 is 14.3 Å². The van der Waals surface area contributed by atoms with Crippen LogP contribution in [0.2, 0.25) is 5.02 Å². The predicted molar refractivity (Wildman–Crippen MR) is 91.6 cm³/mol. The number of pyridine rings is 1. The molecule has 2 aromatic rings. The molecule has 1 aliphatic rings. The Balaban J connectivity index is 1.37. The molecule has 0 radical (unpaired) electrons. The van der Waals surface area contributed by atoms with Gasteiger partial charge in [-0.1, -0.05) is 11.6 Å². The number of amides is 1. The van der Waals surface area contributed by atoms with E-state index in [9.17, 15) is 4.79 Å². The van der Waals surface area contributed by atoms with Gasteiger partial charge >= 0.3 is 6.01 Å². The van der Waals surface area contributed by atoms with E-state index in [0.29, 0.717) is 16.8 Å². The standard InChI is InChI=1S/C17H19ClN4O3/c18-12-8-20-17(21-9-12)25-14-5-3-13(4-6-14)22-16(23)11-24-15-2-1-7-19-10-15/h1-2,7-10,13-14H,3-6,11H2,(H,22,23). The molecular weight excluding hydrogens is 344 g/mol. The number of ether oxygens (including phenoxy) is 2. The van der Waals surface area contributed by atoms with E-state index in [4.69, 9.17) is 21.1 Å². The molecule has 0 bridgehead atoms. The summed E-state index contributed by atoms with van der Waals surface area (Å²) in [5.74, 6) is 0.451. The predicted octanol–water partition coefficient (Wildman–Crippen LogP) is 2.41. The molecule has 0 aliphatic heterocycles. The molecule has 0 saturated heterocycles. The number of aromatic nitrogens is 3. The first-order chi connectivity index (χ1) is 12.2. The van der Waals surface area contributed by atoms with Crippen LogP contribution in [0.4, 0.5) is 0 Å². The number of carbonyl (C=O) groups excluding carboxylic acids is 1. The minimum Gasteiger partial charge on any atom is -0.482 e. The first kappa shape index (κ1) is 17.4. The molecule has 2 heterocycles. The molecule has 0 aromatic carbocycles. The fourth-order valence-corrected chi connectivity index (χ4v) is 2.78. The van der Waals surface area contributed by atoms with Crippen LogP contribution in [0.5, 0.6) is 11.8 Å². The van der Waals surface area contributed by atoms with Gasteiger partial charge < -0.3 is 14.8 Å². The zero-order valence-corrected chi connectivity index (χ0v) is 14.4. The zero-order valence-electron chi connectivity index (χ0n) is 13.6. The van der Waals surface area contributed by atoms with Gasteiger partial charge in [0.2, 0.25) is 0 Å². The molecule has 2 aromatic heterocycles. The molecule has 0 unspecified atom stereocenters. The number of nitrogens with one attached hydrogen (secondary N) is 1. The summed E-state index contributed by atoms with van der Waals surface area (Å²) in [5.41, 5.74) is 0. The molecule has 8 heteroatoms. The van der Waals surface area contributed by atoms with Gasteiger partial charge in [-0.25, -0.2) is 9.97 Å². The van der Waals surface area contributed by atoms with Crippen molar-refractivity contribution in [3.05, 3.63) is 41.9 Å². The number of hydrogen-bond donors (Lipinski definition) is 1. The highest BCUT2D eigenvalue weighted by Crippen LogP contribution is 2.22. The molecule has 0 atom stereocenters. The Labute approximate surface area is 150 Å². The van der Waals surface area contributed by atoms with Crippen molar-refractivity contribution in [1.82, 2.24) is 20.3 Å². The molecule has 3 rings (SSSR count). The molecule has 25 heavy (non-hydrogen) atoms. The minimum absolute atomic E-state index is 0.0132. The summed E-state index contributed by atoms with van der Waals surface area (Å²) in [7, 11) is 0. The molecule has 132 valence electrons. The highest BCUT2D eigenvalue weighted by Gasteiger charge is 2.24. The van der Waals surface area contributed by atoms with E-state index < -0.39 is 0 Å². The van der Waals surface area contributed by atoms with Crippen LogP contribution in [0.15, 0.2) is 36.9 Å². The highest BCUT2D eigenvalue weighted by atomic mass is 35.5. The zero-order chi connectivity index (χ0) is 17.5. The smallest absolute Gasteiger partial charge is 0.316 e. The lowest BCUT2D eigenvalue weighted by atomic mass is 9.93. The third kappa shape index (κ3) is 5.56. The lowest BCUT2D eigenvalue weighted by molar-refractivity contribution is -0.124. The molecule has 1 saturated carbocycles. The van der Waals surface area contributed by atoms with Gasteiger partial charge in [-0.3, -0.25) is 9.78 Å². The van der Waals surface area contributed by atoms with Crippen LogP contribution < -0.4 is 14.8 Å². The van der Waals surface area contributed by atoms with E-state index in [1.807, 2.05) is 0 Å². The van der Waals surface area contributed by atoms with Gasteiger partial charge in [0.05, 0.1) is 23.6 Å². The van der Waals surface area contributed by atoms with Gasteiger partial charge in [0.25, 0.3) is 5.91 Å². The first-order valence-electron chi connectivity index (χ1n) is 8.15. The van der Waals surface area contributed by atoms with Gasteiger partial charge in [0.1, 0.15) is 11.9 Å². The number of carbonyl (C=O) groups is 1. The number of hydrogen-bond acceptors (Lipinski definition) is 6. The fourth-order valence-electron chi connectivity index (χ4n) is 2.69. The van der Waals surface area contributed by atoms with Gasteiger partial charge in [0, 0.05) is 12.2 Å². The van der Waals surface area contributed by atoms with E-state index in [1.165, 1.54) is 12.4 Å². The van der Waals surface area contributed by atoms with Crippen LogP contribution in [0.1, 0.15) is 25.7 Å². The van der Waals surface area contributed by atoms with E-state index in [1.54, 1.807) is 24.5 Å². The second-order valence-corrected chi connectivity index (χ2v) is 6.26. The topological polar surface area (TPSA) is 86.2 Å². The van der Waals surface area contributed by atoms with Crippen molar-refractivity contribution in [2.24, 2.45) is 0 Å². The summed E-state index contributed by atoms with van der Waals surface area (Å²) in [6, 6.07) is 4.00. The highest BCUT2D eigenvalue weighted by molar-refractivity contribution is 6.30. The Bertz CT molecular complexity index is 676. The second kappa shape index (κ2) is 8.62. The van der Waals surface area contributed by atoms with Crippen LogP contribution >= 0.6 is 11.6 Å². The van der Waals surface area contributed by atoms with Gasteiger partial charge in [0.15, 0.2) is 6.61 Å². The van der Waals surface area contributed by atoms with E-state index in [2.05, 4.69) is 20.3 Å². The number of halogens is 1. The Kier molecular flexibility index (Phi) is 6.00. The largest absolute Gasteiger partial charge is 0.482 e. The molecule has 7 nitrogen and oxygen atoms in total. The second-order valence-electron chi connectivity index (χ2n) is 5.82. The van der Waals surface area contributed by atoms with Crippen molar-refractivity contribution in [2.75, 3.05) is 6.61 Å². The van der Waals surface area contributed by atoms with Crippen LogP contribution in [0.25, 0.3) is 0 Å². The monoisotopic (exact) mass is 362 g/mol. The van der Waals surface area contributed by atoms with Crippen molar-refractivity contribution in [1.29, 1.82) is 0 Å². The van der Waals surface area contributed by atoms with Crippen molar-refractivity contribution in [3.8, 4) is 11.8 Å². The SMILES string of the molecule is O=C(COc1cccnc1)NC1CCC(Oc2ncc(Cl)cn2)CC1. The normalized spacial score (nSPS) is 19.9. The van der Waals surface area contributed by atoms with Gasteiger partial charge in [-0.15, -0.1) is 0 Å². The molecule has 1 fully saturated rings. The average molecular weight is 363 g/mol. The lowest BCUT2D eigenvalue weighted by Gasteiger charge is -2.28. The Hall–Kier alpha value is -2.41. The summed E-state index contributed by atoms with van der Waals surface area (Å²) in [6.07, 6.45) is 9.67. The summed E-state index contributed by atoms with van der Waals surface area (Å²) in [5, 5.41) is 3.47. The molecule has 0 spiro atoms. The molecule has 1 amide bonds. The quantitative estimate of drug-likeness (QED) is 0.849. The van der Waals surface area contributed by atoms with Crippen molar-refractivity contribution in [3.63, 3.8) is 0 Å². The van der Waals surface area contributed by atoms with Gasteiger partial charge in [-0.05, 0) is 37.8 Å². The van der Waals surface area contributed by atoms with Gasteiger partial charge in [-0.2, -0.15) is 0 Å². The molecule has 1 aliphatic carbocycles. The minimum atomic E-state index is -0.130. The number of nitrogens with zero attached hydrogens (tertiary/aromatic N) is 3. The van der Waals surface area contributed by atoms with Crippen LogP contribution in [-0.4, -0.2) is 39.6 Å². The Morgan fingerprint density at radius 3 is 2.64 bits per heavy atom. The molecular formula is C17H19ClN4O3.